The molecule has 5 N–H and O–H groups in total. The van der Waals surface area contributed by atoms with E-state index in [1.807, 2.05) is 9.80 Å². The molecule has 0 bridgehead atoms. The van der Waals surface area contributed by atoms with Gasteiger partial charge in [-0.15, -0.1) is 20.1 Å². The number of H-pyrrole nitrogens is 1. The zero-order chi connectivity index (χ0) is 53.6. The minimum atomic E-state index is -3.86. The van der Waals surface area contributed by atoms with Crippen LogP contribution < -0.4 is 35.6 Å². The maximum atomic E-state index is 14.2. The minimum Gasteiger partial charge on any atom is -0.491 e. The lowest BCUT2D eigenvalue weighted by Crippen LogP contribution is -2.55. The predicted molar refractivity (Wildman–Crippen MR) is 281 cm³/mol. The fourth-order valence-corrected chi connectivity index (χ4v) is 10.7. The van der Waals surface area contributed by atoms with E-state index in [0.29, 0.717) is 90.6 Å². The number of amides is 4. The monoisotopic (exact) mass is 1090 g/mol. The Morgan fingerprint density at radius 3 is 2.42 bits per heavy atom. The summed E-state index contributed by atoms with van der Waals surface area (Å²) in [5.74, 6) is -0.440. The Bertz CT molecular complexity index is 2760. The number of halogens is 3. The summed E-state index contributed by atoms with van der Waals surface area (Å²) in [5.41, 5.74) is -1.34. The van der Waals surface area contributed by atoms with Gasteiger partial charge in [-0.25, -0.2) is 9.97 Å². The van der Waals surface area contributed by atoms with E-state index in [4.69, 9.17) is 30.8 Å². The van der Waals surface area contributed by atoms with Crippen molar-refractivity contribution in [3.63, 3.8) is 0 Å². The predicted octanol–water partition coefficient (Wildman–Crippen LogP) is 6.97. The summed E-state index contributed by atoms with van der Waals surface area (Å²) in [7, 11) is 1.72. The van der Waals surface area contributed by atoms with Crippen LogP contribution in [0.25, 0.3) is 11.3 Å². The highest BCUT2D eigenvalue weighted by Crippen LogP contribution is 2.37. The molecule has 3 aliphatic rings. The first-order chi connectivity index (χ1) is 36.7. The summed E-state index contributed by atoms with van der Waals surface area (Å²) >= 11 is 6.21. The molecule has 23 heteroatoms. The molecule has 4 amide bonds. The van der Waals surface area contributed by atoms with Crippen LogP contribution in [0.5, 0.6) is 11.5 Å². The van der Waals surface area contributed by atoms with Crippen LogP contribution in [0.2, 0.25) is 0 Å². The molecule has 3 fully saturated rings. The summed E-state index contributed by atoms with van der Waals surface area (Å²) in [6, 6.07) is 14.3. The second kappa shape index (κ2) is 26.5. The normalized spacial score (nSPS) is 17.8. The molecule has 1 aliphatic carbocycles. The molecule has 5 aromatic rings. The van der Waals surface area contributed by atoms with Gasteiger partial charge in [-0.1, -0.05) is 31.4 Å². The van der Waals surface area contributed by atoms with Crippen molar-refractivity contribution in [3.8, 4) is 22.8 Å². The van der Waals surface area contributed by atoms with Crippen molar-refractivity contribution in [1.82, 2.24) is 41.0 Å². The smallest absolute Gasteiger partial charge is 0.487 e. The fourth-order valence-electron chi connectivity index (χ4n) is 9.62. The molecule has 5 heterocycles. The average molecular weight is 1090 g/mol. The van der Waals surface area contributed by atoms with Crippen molar-refractivity contribution in [1.29, 1.82) is 0 Å². The number of nitrogens with zero attached hydrogens (tertiary/aromatic N) is 5. The number of rotatable bonds is 25. The molecule has 2 aromatic carbocycles. The number of likely N-dealkylation sites (tertiary alicyclic amines) is 1. The first-order valence-electron chi connectivity index (χ1n) is 25.6. The van der Waals surface area contributed by atoms with Crippen LogP contribution in [0.1, 0.15) is 95.7 Å². The minimum absolute atomic E-state index is 0.0783. The zero-order valence-corrected chi connectivity index (χ0v) is 43.9. The zero-order valence-electron chi connectivity index (χ0n) is 42.4. The Morgan fingerprint density at radius 2 is 1.67 bits per heavy atom. The Kier molecular flexibility index (Phi) is 19.4. The number of ether oxygens (including phenoxy) is 4. The SMILES string of the molecule is CNC(C)C(=O)NC(C(=O)N1CCCC1c1nc(C(=O)c2cccc(OCCOCCOCCNC(=O)C3CCN(c4ncc(C(=O)Nc5ccc(OC(F)(F)Cl)cc5)cc4-c4ccn[nH]4)C3)c2)cs1)C1CCCCC1. The molecule has 4 atom stereocenters. The lowest BCUT2D eigenvalue weighted by atomic mass is 9.83. The molecule has 8 rings (SSSR count). The number of likely N-dealkylation sites (N-methyl/N-ethyl adjacent to an activating group) is 1. The third-order valence-corrected chi connectivity index (χ3v) is 14.7. The van der Waals surface area contributed by atoms with Gasteiger partial charge in [-0.2, -0.15) is 5.10 Å². The summed E-state index contributed by atoms with van der Waals surface area (Å²) in [6.45, 7) is 5.03. The Morgan fingerprint density at radius 1 is 0.895 bits per heavy atom. The topological polar surface area (TPSA) is 231 Å². The molecule has 3 aromatic heterocycles. The number of hydrogen-bond acceptors (Lipinski definition) is 15. The highest BCUT2D eigenvalue weighted by Gasteiger charge is 2.40. The van der Waals surface area contributed by atoms with E-state index in [-0.39, 0.29) is 72.5 Å². The van der Waals surface area contributed by atoms with E-state index in [9.17, 15) is 32.8 Å². The Labute approximate surface area is 448 Å². The van der Waals surface area contributed by atoms with E-state index >= 15 is 0 Å². The largest absolute Gasteiger partial charge is 0.491 e. The van der Waals surface area contributed by atoms with Gasteiger partial charge in [0.15, 0.2) is 0 Å². The van der Waals surface area contributed by atoms with Gasteiger partial charge in [-0.05, 0) is 101 Å². The lowest BCUT2D eigenvalue weighted by molar-refractivity contribution is -0.139. The lowest BCUT2D eigenvalue weighted by Gasteiger charge is -2.35. The quantitative estimate of drug-likeness (QED) is 0.0226. The fraction of sp³-hybridized carbons (Fsp3) is 0.472. The average Bonchev–Trinajstić information content (AvgIpc) is 4.30. The van der Waals surface area contributed by atoms with Crippen molar-refractivity contribution >= 4 is 63.9 Å². The van der Waals surface area contributed by atoms with Crippen LogP contribution in [0.4, 0.5) is 20.3 Å². The van der Waals surface area contributed by atoms with Crippen LogP contribution in [0, 0.1) is 11.8 Å². The van der Waals surface area contributed by atoms with Crippen molar-refractivity contribution in [2.45, 2.75) is 82.0 Å². The number of ketones is 1. The van der Waals surface area contributed by atoms with Gasteiger partial charge in [0.1, 0.15) is 40.7 Å². The second-order valence-corrected chi connectivity index (χ2v) is 20.2. The molecule has 4 unspecified atom stereocenters. The number of nitrogens with one attached hydrogen (secondary N) is 5. The van der Waals surface area contributed by atoms with Crippen LogP contribution in [0.3, 0.4) is 0 Å². The van der Waals surface area contributed by atoms with Gasteiger partial charge >= 0.3 is 5.57 Å². The molecule has 0 radical (unpaired) electrons. The standard InChI is InChI=1S/C53H63ClF2N10O9S/c1-33(57-2)48(68)63-45(34-8-4-3-5-9-34)52(71)66-21-7-12-44(66)51-62-43(32-76-51)46(67)35-10-6-11-40(28-35)74-27-26-73-25-24-72-23-20-58-49(69)36-18-22-65(31-36)47-41(42-17-19-60-64-42)29-37(30-59-47)50(70)61-38-13-15-39(16-14-38)75-53(54,55)56/h6,10-11,13-17,19,28-30,32-34,36,44-45,57H,3-5,7-9,12,18,20-27,31H2,1-2H3,(H,58,69)(H,60,64)(H,61,70)(H,63,68). The molecule has 1 saturated carbocycles. The van der Waals surface area contributed by atoms with E-state index in [0.717, 1.165) is 44.9 Å². The maximum Gasteiger partial charge on any atom is 0.487 e. The number of aromatic amines is 1. The first-order valence-corrected chi connectivity index (χ1v) is 26.9. The second-order valence-electron chi connectivity index (χ2n) is 18.9. The van der Waals surface area contributed by atoms with Crippen molar-refractivity contribution in [2.75, 3.05) is 76.5 Å². The summed E-state index contributed by atoms with van der Waals surface area (Å²) in [6.07, 6.45) is 10.1. The van der Waals surface area contributed by atoms with Gasteiger partial charge in [0.25, 0.3) is 5.91 Å². The number of anilines is 2. The van der Waals surface area contributed by atoms with Crippen LogP contribution in [0.15, 0.2) is 78.4 Å². The Balaban J connectivity index is 0.727. The Hall–Kier alpha value is -6.59. The molecule has 2 saturated heterocycles. The summed E-state index contributed by atoms with van der Waals surface area (Å²) in [4.78, 5) is 80.4. The molecular weight excluding hydrogens is 1030 g/mol. The number of carbonyl (C=O) groups excluding carboxylic acids is 5. The number of alkyl halides is 3. The van der Waals surface area contributed by atoms with Gasteiger partial charge in [-0.3, -0.25) is 29.1 Å². The van der Waals surface area contributed by atoms with E-state index in [2.05, 4.69) is 41.2 Å². The highest BCUT2D eigenvalue weighted by atomic mass is 35.5. The number of hydrogen-bond donors (Lipinski definition) is 5. The molecule has 0 spiro atoms. The molecule has 76 heavy (non-hydrogen) atoms. The third kappa shape index (κ3) is 14.9. The maximum absolute atomic E-state index is 14.2. The molecule has 406 valence electrons. The summed E-state index contributed by atoms with van der Waals surface area (Å²) < 4.78 is 47.6. The van der Waals surface area contributed by atoms with Crippen LogP contribution in [-0.4, -0.2) is 138 Å². The number of carbonyl (C=O) groups is 5. The van der Waals surface area contributed by atoms with Gasteiger partial charge in [0.05, 0.1) is 55.7 Å². The molecule has 19 nitrogen and oxygen atoms in total. The van der Waals surface area contributed by atoms with E-state index in [1.54, 1.807) is 61.9 Å². The van der Waals surface area contributed by atoms with Gasteiger partial charge in [0, 0.05) is 72.4 Å². The number of thiazole rings is 1. The van der Waals surface area contributed by atoms with Crippen molar-refractivity contribution in [3.05, 3.63) is 100 Å². The van der Waals surface area contributed by atoms with Crippen LogP contribution in [-0.2, 0) is 23.9 Å². The molecular formula is C53H63ClF2N10O9S. The number of pyridine rings is 1. The van der Waals surface area contributed by atoms with Gasteiger partial charge < -0.3 is 50.0 Å². The van der Waals surface area contributed by atoms with Crippen molar-refractivity contribution < 1.29 is 51.7 Å². The summed E-state index contributed by atoms with van der Waals surface area (Å²) in [5, 5.41) is 21.1. The number of benzene rings is 2. The number of aromatic nitrogens is 4. The first kappa shape index (κ1) is 55.6. The van der Waals surface area contributed by atoms with Gasteiger partial charge in [0.2, 0.25) is 23.5 Å². The highest BCUT2D eigenvalue weighted by molar-refractivity contribution is 7.10. The van der Waals surface area contributed by atoms with E-state index < -0.39 is 23.6 Å². The van der Waals surface area contributed by atoms with E-state index in [1.165, 1.54) is 41.8 Å². The molecule has 2 aliphatic heterocycles. The van der Waals surface area contributed by atoms with Crippen LogP contribution >= 0.6 is 22.9 Å². The van der Waals surface area contributed by atoms with Crippen molar-refractivity contribution in [2.24, 2.45) is 11.8 Å². The third-order valence-electron chi connectivity index (χ3n) is 13.7.